The number of hydrogen-bond acceptors (Lipinski definition) is 6. The Balaban J connectivity index is 2.06. The van der Waals surface area contributed by atoms with Crippen molar-refractivity contribution in [3.63, 3.8) is 0 Å². The summed E-state index contributed by atoms with van der Waals surface area (Å²) in [4.78, 5) is 38.7. The van der Waals surface area contributed by atoms with Crippen molar-refractivity contribution >= 4 is 56.4 Å². The highest BCUT2D eigenvalue weighted by molar-refractivity contribution is 7.92. The van der Waals surface area contributed by atoms with Gasteiger partial charge in [0.1, 0.15) is 12.6 Å². The van der Waals surface area contributed by atoms with Crippen LogP contribution >= 0.6 is 23.2 Å². The Morgan fingerprint density at radius 2 is 1.51 bits per heavy atom. The second-order valence-electron chi connectivity index (χ2n) is 9.64. The van der Waals surface area contributed by atoms with Crippen molar-refractivity contribution in [1.29, 1.82) is 0 Å². The second-order valence-corrected chi connectivity index (χ2v) is 12.3. The summed E-state index contributed by atoms with van der Waals surface area (Å²) in [5.41, 5.74) is 0.170. The molecule has 0 heterocycles. The van der Waals surface area contributed by atoms with E-state index in [4.69, 9.17) is 23.2 Å². The van der Waals surface area contributed by atoms with Crippen molar-refractivity contribution in [3.05, 3.63) is 98.5 Å². The van der Waals surface area contributed by atoms with Crippen LogP contribution in [0, 0.1) is 16.0 Å². The number of sulfonamides is 1. The normalized spacial score (nSPS) is 12.0. The van der Waals surface area contributed by atoms with Gasteiger partial charge in [0.2, 0.25) is 11.8 Å². The Labute approximate surface area is 249 Å². The van der Waals surface area contributed by atoms with Crippen LogP contribution in [-0.2, 0) is 26.2 Å². The predicted molar refractivity (Wildman–Crippen MR) is 158 cm³/mol. The molecule has 3 rings (SSSR count). The van der Waals surface area contributed by atoms with E-state index < -0.39 is 39.3 Å². The minimum absolute atomic E-state index is 0.0282. The molecular formula is C28H30Cl2N4O6S. The number of nitrogens with one attached hydrogen (secondary N) is 1. The van der Waals surface area contributed by atoms with Gasteiger partial charge in [-0.1, -0.05) is 61.3 Å². The van der Waals surface area contributed by atoms with Gasteiger partial charge in [0.25, 0.3) is 15.7 Å². The number of hydrogen-bond donors (Lipinski definition) is 1. The van der Waals surface area contributed by atoms with Gasteiger partial charge in [0.05, 0.1) is 15.5 Å². The van der Waals surface area contributed by atoms with E-state index in [-0.39, 0.29) is 38.8 Å². The largest absolute Gasteiger partial charge is 0.354 e. The maximum atomic E-state index is 13.9. The predicted octanol–water partition coefficient (Wildman–Crippen LogP) is 5.29. The third-order valence-corrected chi connectivity index (χ3v) is 8.70. The molecule has 0 spiro atoms. The number of rotatable bonds is 12. The molecule has 218 valence electrons. The quantitative estimate of drug-likeness (QED) is 0.216. The van der Waals surface area contributed by atoms with Gasteiger partial charge in [-0.05, 0) is 49.2 Å². The molecule has 0 radical (unpaired) electrons. The number of halogens is 2. The fourth-order valence-corrected chi connectivity index (χ4v) is 5.83. The second kappa shape index (κ2) is 13.8. The van der Waals surface area contributed by atoms with Crippen molar-refractivity contribution < 1.29 is 22.9 Å². The smallest absolute Gasteiger partial charge is 0.269 e. The zero-order valence-electron chi connectivity index (χ0n) is 22.7. The monoisotopic (exact) mass is 620 g/mol. The lowest BCUT2D eigenvalue weighted by Gasteiger charge is -2.32. The van der Waals surface area contributed by atoms with E-state index in [0.29, 0.717) is 12.1 Å². The maximum absolute atomic E-state index is 13.9. The lowest BCUT2D eigenvalue weighted by Crippen LogP contribution is -2.51. The molecule has 0 aliphatic rings. The van der Waals surface area contributed by atoms with Gasteiger partial charge in [-0.3, -0.25) is 24.0 Å². The molecule has 41 heavy (non-hydrogen) atoms. The SMILES string of the molecule is CC(C)CNC(=O)[C@H](C)N(Cc1c(Cl)cccc1Cl)C(=O)CN(c1ccc([N+](=O)[O-])cc1)S(=O)(=O)c1ccccc1. The zero-order valence-corrected chi connectivity index (χ0v) is 25.0. The number of carbonyl (C=O) groups is 2. The first-order valence-electron chi connectivity index (χ1n) is 12.6. The summed E-state index contributed by atoms with van der Waals surface area (Å²) < 4.78 is 28.4. The Morgan fingerprint density at radius 1 is 0.927 bits per heavy atom. The van der Waals surface area contributed by atoms with Crippen LogP contribution in [0.25, 0.3) is 0 Å². The van der Waals surface area contributed by atoms with Crippen molar-refractivity contribution in [2.45, 2.75) is 38.3 Å². The minimum Gasteiger partial charge on any atom is -0.354 e. The summed E-state index contributed by atoms with van der Waals surface area (Å²) in [5, 5.41) is 14.5. The van der Waals surface area contributed by atoms with Crippen LogP contribution in [0.15, 0.2) is 77.7 Å². The molecular weight excluding hydrogens is 591 g/mol. The standard InChI is InChI=1S/C28H30Cl2N4O6S/c1-19(2)16-31-28(36)20(3)32(17-24-25(29)10-7-11-26(24)30)27(35)18-33(21-12-14-22(15-13-21)34(37)38)41(39,40)23-8-5-4-6-9-23/h4-15,19-20H,16-18H2,1-3H3,(H,31,36)/t20-/m0/s1. The average Bonchev–Trinajstić information content (AvgIpc) is 2.94. The summed E-state index contributed by atoms with van der Waals surface area (Å²) in [6.07, 6.45) is 0. The molecule has 0 saturated carbocycles. The van der Waals surface area contributed by atoms with Crippen LogP contribution in [0.5, 0.6) is 0 Å². The summed E-state index contributed by atoms with van der Waals surface area (Å²) in [5.74, 6) is -1.00. The molecule has 1 atom stereocenters. The van der Waals surface area contributed by atoms with Crippen LogP contribution in [0.2, 0.25) is 10.0 Å². The zero-order chi connectivity index (χ0) is 30.3. The fourth-order valence-electron chi connectivity index (χ4n) is 3.88. The molecule has 10 nitrogen and oxygen atoms in total. The van der Waals surface area contributed by atoms with E-state index in [1.807, 2.05) is 13.8 Å². The number of nitro benzene ring substituents is 1. The molecule has 2 amide bonds. The average molecular weight is 622 g/mol. The van der Waals surface area contributed by atoms with Crippen molar-refractivity contribution in [1.82, 2.24) is 10.2 Å². The van der Waals surface area contributed by atoms with Crippen molar-refractivity contribution in [2.75, 3.05) is 17.4 Å². The van der Waals surface area contributed by atoms with Gasteiger partial charge in [-0.2, -0.15) is 0 Å². The van der Waals surface area contributed by atoms with Crippen LogP contribution in [-0.4, -0.2) is 49.2 Å². The molecule has 0 bridgehead atoms. The number of nitrogens with zero attached hydrogens (tertiary/aromatic N) is 3. The van der Waals surface area contributed by atoms with E-state index in [2.05, 4.69) is 5.32 Å². The van der Waals surface area contributed by atoms with E-state index in [0.717, 1.165) is 16.4 Å². The third-order valence-electron chi connectivity index (χ3n) is 6.20. The Bertz CT molecular complexity index is 1480. The topological polar surface area (TPSA) is 130 Å². The number of benzene rings is 3. The van der Waals surface area contributed by atoms with E-state index >= 15 is 0 Å². The van der Waals surface area contributed by atoms with Gasteiger partial charge in [-0.25, -0.2) is 8.42 Å². The first-order valence-corrected chi connectivity index (χ1v) is 14.8. The highest BCUT2D eigenvalue weighted by Gasteiger charge is 2.33. The molecule has 0 aliphatic heterocycles. The van der Waals surface area contributed by atoms with Crippen LogP contribution in [0.3, 0.4) is 0 Å². The van der Waals surface area contributed by atoms with Crippen LogP contribution in [0.4, 0.5) is 11.4 Å². The Kier molecular flexibility index (Phi) is 10.7. The summed E-state index contributed by atoms with van der Waals surface area (Å²) in [7, 11) is -4.31. The highest BCUT2D eigenvalue weighted by atomic mass is 35.5. The lowest BCUT2D eigenvalue weighted by atomic mass is 10.1. The number of anilines is 1. The third kappa shape index (κ3) is 7.96. The van der Waals surface area contributed by atoms with Crippen molar-refractivity contribution in [2.24, 2.45) is 5.92 Å². The summed E-state index contributed by atoms with van der Waals surface area (Å²) in [6, 6.07) is 16.1. The molecule has 0 aromatic heterocycles. The maximum Gasteiger partial charge on any atom is 0.269 e. The summed E-state index contributed by atoms with van der Waals surface area (Å²) in [6.45, 7) is 4.86. The molecule has 0 fully saturated rings. The molecule has 0 saturated heterocycles. The van der Waals surface area contributed by atoms with Crippen LogP contribution < -0.4 is 9.62 Å². The highest BCUT2D eigenvalue weighted by Crippen LogP contribution is 2.29. The molecule has 1 N–H and O–H groups in total. The fraction of sp³-hybridized carbons (Fsp3) is 0.286. The first-order chi connectivity index (χ1) is 19.3. The van der Waals surface area contributed by atoms with E-state index in [1.54, 1.807) is 24.3 Å². The number of carbonyl (C=O) groups excluding carboxylic acids is 2. The van der Waals surface area contributed by atoms with Crippen LogP contribution in [0.1, 0.15) is 26.3 Å². The molecule has 0 unspecified atom stereocenters. The minimum atomic E-state index is -4.31. The Morgan fingerprint density at radius 3 is 2.05 bits per heavy atom. The van der Waals surface area contributed by atoms with Gasteiger partial charge in [0.15, 0.2) is 0 Å². The van der Waals surface area contributed by atoms with Gasteiger partial charge in [0, 0.05) is 40.8 Å². The molecule has 3 aromatic rings. The van der Waals surface area contributed by atoms with Gasteiger partial charge >= 0.3 is 0 Å². The first kappa shape index (κ1) is 31.9. The van der Waals surface area contributed by atoms with Gasteiger partial charge in [-0.15, -0.1) is 0 Å². The van der Waals surface area contributed by atoms with E-state index in [9.17, 15) is 28.1 Å². The molecule has 0 aliphatic carbocycles. The number of amides is 2. The van der Waals surface area contributed by atoms with Crippen molar-refractivity contribution in [3.8, 4) is 0 Å². The number of non-ortho nitro benzene ring substituents is 1. The molecule has 13 heteroatoms. The van der Waals surface area contributed by atoms with E-state index in [1.165, 1.54) is 48.2 Å². The lowest BCUT2D eigenvalue weighted by molar-refractivity contribution is -0.384. The Hall–Kier alpha value is -3.67. The summed E-state index contributed by atoms with van der Waals surface area (Å²) >= 11 is 12.8. The number of nitro groups is 1. The molecule has 3 aromatic carbocycles. The van der Waals surface area contributed by atoms with Gasteiger partial charge < -0.3 is 10.2 Å².